The molecule has 0 aliphatic carbocycles. The van der Waals surface area contributed by atoms with E-state index in [1.54, 1.807) is 18.2 Å². The molecule has 2 aliphatic heterocycles. The third-order valence-corrected chi connectivity index (χ3v) is 5.61. The zero-order valence-corrected chi connectivity index (χ0v) is 15.6. The fourth-order valence-corrected chi connectivity index (χ4v) is 4.05. The fraction of sp³-hybridized carbons (Fsp3) is 0.632. The minimum atomic E-state index is -0.328. The van der Waals surface area contributed by atoms with E-state index in [4.69, 9.17) is 0 Å². The largest absolute Gasteiger partial charge is 0.363 e. The van der Waals surface area contributed by atoms with Gasteiger partial charge in [0, 0.05) is 45.3 Å². The van der Waals surface area contributed by atoms with Crippen molar-refractivity contribution in [1.82, 2.24) is 9.80 Å². The van der Waals surface area contributed by atoms with E-state index in [0.717, 1.165) is 32.6 Å². The van der Waals surface area contributed by atoms with Gasteiger partial charge in [-0.15, -0.1) is 0 Å². The number of para-hydroxylation sites is 2. The summed E-state index contributed by atoms with van der Waals surface area (Å²) in [6.45, 7) is 8.78. The molecule has 2 heterocycles. The summed E-state index contributed by atoms with van der Waals surface area (Å²) >= 11 is 0. The molecule has 3 rings (SSSR count). The van der Waals surface area contributed by atoms with Gasteiger partial charge in [0.1, 0.15) is 5.69 Å². The van der Waals surface area contributed by atoms with Crippen LogP contribution in [0.25, 0.3) is 0 Å². The summed E-state index contributed by atoms with van der Waals surface area (Å²) in [5.74, 6) is 0.797. The number of hydrogen-bond donors (Lipinski definition) is 0. The first-order valence-corrected chi connectivity index (χ1v) is 9.48. The third kappa shape index (κ3) is 3.98. The topological polar surface area (TPSA) is 69.9 Å². The Hall–Kier alpha value is -2.15. The highest BCUT2D eigenvalue weighted by atomic mass is 16.6. The van der Waals surface area contributed by atoms with Crippen LogP contribution in [0.1, 0.15) is 26.7 Å². The molecule has 142 valence electrons. The van der Waals surface area contributed by atoms with Gasteiger partial charge in [-0.1, -0.05) is 19.1 Å². The number of benzene rings is 1. The average molecular weight is 360 g/mol. The predicted molar refractivity (Wildman–Crippen MR) is 101 cm³/mol. The summed E-state index contributed by atoms with van der Waals surface area (Å²) in [4.78, 5) is 30.0. The predicted octanol–water partition coefficient (Wildman–Crippen LogP) is 2.36. The molecule has 7 nitrogen and oxygen atoms in total. The first-order valence-electron chi connectivity index (χ1n) is 9.48. The van der Waals surface area contributed by atoms with Gasteiger partial charge in [-0.2, -0.15) is 0 Å². The van der Waals surface area contributed by atoms with E-state index in [1.165, 1.54) is 6.42 Å². The lowest BCUT2D eigenvalue weighted by molar-refractivity contribution is -0.384. The van der Waals surface area contributed by atoms with Crippen molar-refractivity contribution in [3.63, 3.8) is 0 Å². The molecule has 0 bridgehead atoms. The molecule has 2 aliphatic rings. The zero-order chi connectivity index (χ0) is 18.7. The molecule has 2 atom stereocenters. The van der Waals surface area contributed by atoms with Gasteiger partial charge < -0.3 is 9.80 Å². The molecular weight excluding hydrogens is 332 g/mol. The van der Waals surface area contributed by atoms with Crippen molar-refractivity contribution < 1.29 is 9.72 Å². The summed E-state index contributed by atoms with van der Waals surface area (Å²) in [6.07, 6.45) is 2.29. The van der Waals surface area contributed by atoms with Crippen molar-refractivity contribution in [3.05, 3.63) is 34.4 Å². The number of carbonyl (C=O) groups excluding carboxylic acids is 1. The van der Waals surface area contributed by atoms with Crippen LogP contribution in [0, 0.1) is 16.0 Å². The Labute approximate surface area is 154 Å². The number of rotatable bonds is 4. The van der Waals surface area contributed by atoms with Crippen LogP contribution in [-0.4, -0.2) is 65.9 Å². The molecule has 0 unspecified atom stereocenters. The summed E-state index contributed by atoms with van der Waals surface area (Å²) < 4.78 is 0. The van der Waals surface area contributed by atoms with Gasteiger partial charge in [-0.3, -0.25) is 19.8 Å². The van der Waals surface area contributed by atoms with Crippen molar-refractivity contribution in [2.24, 2.45) is 5.92 Å². The molecule has 1 aromatic rings. The van der Waals surface area contributed by atoms with Gasteiger partial charge in [-0.25, -0.2) is 0 Å². The van der Waals surface area contributed by atoms with Gasteiger partial charge in [-0.05, 0) is 31.7 Å². The lowest BCUT2D eigenvalue weighted by Crippen LogP contribution is -2.55. The molecule has 2 saturated heterocycles. The Morgan fingerprint density at radius 2 is 1.88 bits per heavy atom. The van der Waals surface area contributed by atoms with Crippen LogP contribution in [0.2, 0.25) is 0 Å². The Balaban J connectivity index is 1.60. The summed E-state index contributed by atoms with van der Waals surface area (Å²) in [5, 5.41) is 11.2. The van der Waals surface area contributed by atoms with Crippen LogP contribution in [0.5, 0.6) is 0 Å². The number of anilines is 1. The summed E-state index contributed by atoms with van der Waals surface area (Å²) in [5.41, 5.74) is 0.813. The Morgan fingerprint density at radius 1 is 1.19 bits per heavy atom. The van der Waals surface area contributed by atoms with E-state index >= 15 is 0 Å². The van der Waals surface area contributed by atoms with Crippen LogP contribution in [0.15, 0.2) is 24.3 Å². The van der Waals surface area contributed by atoms with E-state index in [9.17, 15) is 14.9 Å². The van der Waals surface area contributed by atoms with Gasteiger partial charge in [0.25, 0.3) is 5.69 Å². The molecule has 1 amide bonds. The average Bonchev–Trinajstić information content (AvgIpc) is 2.67. The highest BCUT2D eigenvalue weighted by molar-refractivity contribution is 5.81. The molecule has 0 aromatic heterocycles. The Bertz CT molecular complexity index is 658. The van der Waals surface area contributed by atoms with E-state index in [1.807, 2.05) is 17.9 Å². The number of carbonyl (C=O) groups is 1. The van der Waals surface area contributed by atoms with Crippen molar-refractivity contribution >= 4 is 17.3 Å². The molecule has 1 aromatic carbocycles. The molecule has 7 heteroatoms. The van der Waals surface area contributed by atoms with E-state index < -0.39 is 0 Å². The van der Waals surface area contributed by atoms with E-state index in [0.29, 0.717) is 24.7 Å². The van der Waals surface area contributed by atoms with Gasteiger partial charge in [0.15, 0.2) is 0 Å². The number of piperazine rings is 1. The first kappa shape index (κ1) is 18.6. The SMILES string of the molecule is C[C@H]1CCCN(C(=O)[C@@H](C)N2CCN(c3ccccc3[N+](=O)[O-])CC2)C1. The van der Waals surface area contributed by atoms with Gasteiger partial charge in [0.2, 0.25) is 5.91 Å². The van der Waals surface area contributed by atoms with E-state index in [-0.39, 0.29) is 22.6 Å². The molecule has 26 heavy (non-hydrogen) atoms. The van der Waals surface area contributed by atoms with Crippen LogP contribution in [0.3, 0.4) is 0 Å². The monoisotopic (exact) mass is 360 g/mol. The smallest absolute Gasteiger partial charge is 0.292 e. The summed E-state index contributed by atoms with van der Waals surface area (Å²) in [7, 11) is 0. The molecule has 0 spiro atoms. The number of hydrogen-bond acceptors (Lipinski definition) is 5. The number of piperidine rings is 1. The van der Waals surface area contributed by atoms with Crippen LogP contribution in [-0.2, 0) is 4.79 Å². The standard InChI is InChI=1S/C19H28N4O3/c1-15-6-5-9-22(14-15)19(24)16(2)20-10-12-21(13-11-20)17-7-3-4-8-18(17)23(25)26/h3-4,7-8,15-16H,5-6,9-14H2,1-2H3/t15-,16+/m0/s1. The van der Waals surface area contributed by atoms with Crippen LogP contribution < -0.4 is 4.90 Å². The molecule has 0 N–H and O–H groups in total. The van der Waals surface area contributed by atoms with Crippen molar-refractivity contribution in [3.8, 4) is 0 Å². The minimum absolute atomic E-state index is 0.131. The zero-order valence-electron chi connectivity index (χ0n) is 15.6. The van der Waals surface area contributed by atoms with Crippen molar-refractivity contribution in [2.75, 3.05) is 44.2 Å². The van der Waals surface area contributed by atoms with Gasteiger partial charge >= 0.3 is 0 Å². The molecule has 2 fully saturated rings. The maximum absolute atomic E-state index is 12.8. The second-order valence-corrected chi connectivity index (χ2v) is 7.48. The summed E-state index contributed by atoms with van der Waals surface area (Å²) in [6, 6.07) is 6.74. The molecular formula is C19H28N4O3. The first-order chi connectivity index (χ1) is 12.5. The number of nitrogens with zero attached hydrogens (tertiary/aromatic N) is 4. The number of likely N-dealkylation sites (tertiary alicyclic amines) is 1. The van der Waals surface area contributed by atoms with E-state index in [2.05, 4.69) is 16.7 Å². The second kappa shape index (κ2) is 8.03. The lowest BCUT2D eigenvalue weighted by Gasteiger charge is -2.40. The highest BCUT2D eigenvalue weighted by Crippen LogP contribution is 2.28. The molecule has 0 radical (unpaired) electrons. The Morgan fingerprint density at radius 3 is 2.54 bits per heavy atom. The third-order valence-electron chi connectivity index (χ3n) is 5.61. The van der Waals surface area contributed by atoms with Crippen LogP contribution in [0.4, 0.5) is 11.4 Å². The fourth-order valence-electron chi connectivity index (χ4n) is 4.05. The second-order valence-electron chi connectivity index (χ2n) is 7.48. The maximum Gasteiger partial charge on any atom is 0.292 e. The lowest BCUT2D eigenvalue weighted by atomic mass is 9.99. The maximum atomic E-state index is 12.8. The minimum Gasteiger partial charge on any atom is -0.363 e. The number of nitro groups is 1. The van der Waals surface area contributed by atoms with Crippen molar-refractivity contribution in [2.45, 2.75) is 32.7 Å². The van der Waals surface area contributed by atoms with Crippen LogP contribution >= 0.6 is 0 Å². The quantitative estimate of drug-likeness (QED) is 0.609. The number of nitro benzene ring substituents is 1. The Kier molecular flexibility index (Phi) is 5.76. The van der Waals surface area contributed by atoms with Gasteiger partial charge in [0.05, 0.1) is 11.0 Å². The normalized spacial score (nSPS) is 22.9. The van der Waals surface area contributed by atoms with Crippen molar-refractivity contribution in [1.29, 1.82) is 0 Å². The number of amides is 1. The highest BCUT2D eigenvalue weighted by Gasteiger charge is 2.31. The molecule has 0 saturated carbocycles.